The first kappa shape index (κ1) is 26.7. The van der Waals surface area contributed by atoms with E-state index in [0.29, 0.717) is 35.9 Å². The van der Waals surface area contributed by atoms with Gasteiger partial charge in [-0.2, -0.15) is 4.51 Å². The summed E-state index contributed by atoms with van der Waals surface area (Å²) < 4.78 is 35.6. The zero-order valence-corrected chi connectivity index (χ0v) is 22.3. The van der Waals surface area contributed by atoms with Crippen LogP contribution >= 0.6 is 11.8 Å². The highest BCUT2D eigenvalue weighted by Gasteiger charge is 2.29. The lowest BCUT2D eigenvalue weighted by Crippen LogP contribution is -2.53. The summed E-state index contributed by atoms with van der Waals surface area (Å²) in [6, 6.07) is 16.7. The molecule has 196 valence electrons. The molecule has 0 bridgehead atoms. The Morgan fingerprint density at radius 2 is 1.84 bits per heavy atom. The van der Waals surface area contributed by atoms with E-state index in [-0.39, 0.29) is 17.3 Å². The summed E-state index contributed by atoms with van der Waals surface area (Å²) >= 11 is 5.51. The fraction of sp³-hybridized carbons (Fsp3) is 0.308. The first-order chi connectivity index (χ1) is 17.7. The molecule has 1 fully saturated rings. The van der Waals surface area contributed by atoms with Crippen LogP contribution < -0.4 is 15.3 Å². The zero-order chi connectivity index (χ0) is 26.6. The van der Waals surface area contributed by atoms with Gasteiger partial charge >= 0.3 is 6.03 Å². The summed E-state index contributed by atoms with van der Waals surface area (Å²) in [5, 5.41) is 2.70. The monoisotopic (exact) mass is 543 g/mol. The number of likely N-dealkylation sites (tertiary alicyclic amines) is 1. The highest BCUT2D eigenvalue weighted by molar-refractivity contribution is 7.89. The number of nitrogens with two attached hydrogens (primary N) is 1. The number of rotatable bonds is 7. The molecule has 3 aromatic carbocycles. The van der Waals surface area contributed by atoms with E-state index in [1.165, 1.54) is 6.07 Å². The first-order valence-electron chi connectivity index (χ1n) is 11.9. The van der Waals surface area contributed by atoms with Gasteiger partial charge in [0, 0.05) is 30.4 Å². The van der Waals surface area contributed by atoms with Crippen molar-refractivity contribution in [1.82, 2.24) is 14.7 Å². The maximum Gasteiger partial charge on any atom is 0.335 e. The molecule has 0 saturated carbocycles. The van der Waals surface area contributed by atoms with E-state index in [2.05, 4.69) is 16.3 Å². The molecule has 0 atom stereocenters. The Hall–Kier alpha value is -3.34. The molecule has 1 heterocycles. The Balaban J connectivity index is 1.64. The number of sulfonamides is 1. The maximum absolute atomic E-state index is 13.5. The van der Waals surface area contributed by atoms with Crippen LogP contribution in [0.5, 0.6) is 5.75 Å². The number of amidine groups is 1. The SMILES string of the molecule is COc1ccc2cc(S(=O)(=O)NN(Cc3cccc(C(N)=NCl)c3)C(=O)N3CCC(C)CC3)ccc2c1. The largest absolute Gasteiger partial charge is 0.497 e. The van der Waals surface area contributed by atoms with Gasteiger partial charge in [0.05, 0.1) is 18.6 Å². The lowest BCUT2D eigenvalue weighted by atomic mass is 10.00. The molecule has 1 saturated heterocycles. The average Bonchev–Trinajstić information content (AvgIpc) is 2.91. The third-order valence-corrected chi connectivity index (χ3v) is 8.02. The van der Waals surface area contributed by atoms with Crippen LogP contribution in [0.3, 0.4) is 0 Å². The standard InChI is InChI=1S/C26H30ClN5O4S/c1-18-10-12-31(13-11-18)26(33)32(17-19-4-3-5-22(14-19)25(28)29-27)30-37(34,35)24-9-7-20-15-23(36-2)8-6-21(20)16-24/h3-9,14-16,18,30H,10-13,17H2,1-2H3,(H2,28,29). The van der Waals surface area contributed by atoms with Gasteiger partial charge in [-0.1, -0.05) is 37.3 Å². The predicted octanol–water partition coefficient (Wildman–Crippen LogP) is 4.25. The number of halogens is 1. The summed E-state index contributed by atoms with van der Waals surface area (Å²) in [5.74, 6) is 1.32. The van der Waals surface area contributed by atoms with Crippen LogP contribution in [0.2, 0.25) is 0 Å². The normalized spacial score (nSPS) is 15.1. The number of carbonyl (C=O) groups excluding carboxylic acids is 1. The Morgan fingerprint density at radius 3 is 2.54 bits per heavy atom. The first-order valence-corrected chi connectivity index (χ1v) is 13.7. The minimum Gasteiger partial charge on any atom is -0.497 e. The van der Waals surface area contributed by atoms with Crippen molar-refractivity contribution in [3.63, 3.8) is 0 Å². The summed E-state index contributed by atoms with van der Waals surface area (Å²) in [4.78, 5) is 17.8. The summed E-state index contributed by atoms with van der Waals surface area (Å²) in [7, 11) is -2.51. The van der Waals surface area contributed by atoms with Crippen LogP contribution in [0.1, 0.15) is 30.9 Å². The number of ether oxygens (including phenoxy) is 1. The Labute approximate surface area is 222 Å². The Kier molecular flexibility index (Phi) is 8.21. The van der Waals surface area contributed by atoms with Crippen LogP contribution in [0.15, 0.2) is 70.1 Å². The average molecular weight is 544 g/mol. The molecule has 3 aromatic rings. The van der Waals surface area contributed by atoms with E-state index in [9.17, 15) is 13.2 Å². The molecule has 4 rings (SSSR count). The zero-order valence-electron chi connectivity index (χ0n) is 20.7. The molecule has 0 aliphatic carbocycles. The highest BCUT2D eigenvalue weighted by atomic mass is 35.5. The van der Waals surface area contributed by atoms with Crippen molar-refractivity contribution < 1.29 is 17.9 Å². The summed E-state index contributed by atoms with van der Waals surface area (Å²) in [5.41, 5.74) is 7.06. The number of hydrogen-bond donors (Lipinski definition) is 2. The van der Waals surface area contributed by atoms with Crippen molar-refractivity contribution in [2.24, 2.45) is 16.2 Å². The van der Waals surface area contributed by atoms with Crippen LogP contribution in [-0.2, 0) is 16.6 Å². The van der Waals surface area contributed by atoms with Crippen LogP contribution in [-0.4, -0.2) is 50.4 Å². The van der Waals surface area contributed by atoms with Gasteiger partial charge in [0.1, 0.15) is 11.6 Å². The van der Waals surface area contributed by atoms with Gasteiger partial charge in [-0.15, -0.1) is 4.83 Å². The van der Waals surface area contributed by atoms with Gasteiger partial charge in [0.15, 0.2) is 0 Å². The van der Waals surface area contributed by atoms with E-state index >= 15 is 0 Å². The second-order valence-corrected chi connectivity index (χ2v) is 11.0. The molecule has 0 unspecified atom stereocenters. The van der Waals surface area contributed by atoms with Crippen molar-refractivity contribution in [1.29, 1.82) is 0 Å². The lowest BCUT2D eigenvalue weighted by Gasteiger charge is -2.34. The third kappa shape index (κ3) is 6.33. The number of carbonyl (C=O) groups is 1. The number of nitrogens with zero attached hydrogens (tertiary/aromatic N) is 3. The van der Waals surface area contributed by atoms with Gasteiger partial charge in [0.2, 0.25) is 0 Å². The van der Waals surface area contributed by atoms with Crippen molar-refractivity contribution in [2.45, 2.75) is 31.2 Å². The molecule has 9 nitrogen and oxygen atoms in total. The highest BCUT2D eigenvalue weighted by Crippen LogP contribution is 2.24. The fourth-order valence-electron chi connectivity index (χ4n) is 4.26. The molecule has 37 heavy (non-hydrogen) atoms. The number of hydrazine groups is 1. The number of nitrogens with one attached hydrogen (secondary N) is 1. The molecular weight excluding hydrogens is 514 g/mol. The predicted molar refractivity (Wildman–Crippen MR) is 145 cm³/mol. The molecule has 0 aromatic heterocycles. The van der Waals surface area contributed by atoms with Gasteiger partial charge in [-0.05, 0) is 65.4 Å². The third-order valence-electron chi connectivity index (χ3n) is 6.50. The topological polar surface area (TPSA) is 117 Å². The quantitative estimate of drug-likeness (QED) is 0.262. The van der Waals surface area contributed by atoms with Crippen LogP contribution in [0, 0.1) is 5.92 Å². The summed E-state index contributed by atoms with van der Waals surface area (Å²) in [6.07, 6.45) is 1.72. The molecule has 3 N–H and O–H groups in total. The fourth-order valence-corrected chi connectivity index (χ4v) is 5.43. The number of urea groups is 1. The van der Waals surface area contributed by atoms with E-state index in [4.69, 9.17) is 22.2 Å². The molecule has 2 amide bonds. The van der Waals surface area contributed by atoms with Gasteiger partial charge in [0.25, 0.3) is 10.0 Å². The van der Waals surface area contributed by atoms with Gasteiger partial charge in [-0.25, -0.2) is 18.2 Å². The van der Waals surface area contributed by atoms with Crippen molar-refractivity contribution in [3.05, 3.63) is 71.8 Å². The van der Waals surface area contributed by atoms with E-state index in [1.54, 1.807) is 60.5 Å². The van der Waals surface area contributed by atoms with Crippen LogP contribution in [0.4, 0.5) is 4.79 Å². The Morgan fingerprint density at radius 1 is 1.14 bits per heavy atom. The molecule has 0 spiro atoms. The van der Waals surface area contributed by atoms with Gasteiger partial charge < -0.3 is 15.4 Å². The number of benzene rings is 3. The lowest BCUT2D eigenvalue weighted by molar-refractivity contribution is 0.124. The van der Waals surface area contributed by atoms with Crippen molar-refractivity contribution in [2.75, 3.05) is 20.2 Å². The molecule has 11 heteroatoms. The number of amides is 2. The van der Waals surface area contributed by atoms with Crippen molar-refractivity contribution >= 4 is 44.4 Å². The van der Waals surface area contributed by atoms with E-state index in [1.807, 2.05) is 6.07 Å². The molecule has 1 aliphatic heterocycles. The Bertz CT molecular complexity index is 1420. The van der Waals surface area contributed by atoms with Crippen molar-refractivity contribution in [3.8, 4) is 5.75 Å². The molecule has 1 aliphatic rings. The smallest absolute Gasteiger partial charge is 0.335 e. The second-order valence-electron chi connectivity index (χ2n) is 9.18. The number of fused-ring (bicyclic) bond motifs is 1. The molecular formula is C26H30ClN5O4S. The minimum atomic E-state index is -4.08. The van der Waals surface area contributed by atoms with Gasteiger partial charge in [-0.3, -0.25) is 0 Å². The van der Waals surface area contributed by atoms with E-state index in [0.717, 1.165) is 28.6 Å². The number of hydrogen-bond acceptors (Lipinski definition) is 5. The minimum absolute atomic E-state index is 0.0156. The van der Waals surface area contributed by atoms with Crippen LogP contribution in [0.25, 0.3) is 10.8 Å². The maximum atomic E-state index is 13.5. The number of methoxy groups -OCH3 is 1. The summed E-state index contributed by atoms with van der Waals surface area (Å²) in [6.45, 7) is 3.24. The van der Waals surface area contributed by atoms with E-state index < -0.39 is 16.1 Å². The second kappa shape index (κ2) is 11.4. The number of piperidine rings is 1. The molecule has 0 radical (unpaired) electrons.